The van der Waals surface area contributed by atoms with E-state index >= 15 is 0 Å². The molecular weight excluding hydrogens is 436 g/mol. The van der Waals surface area contributed by atoms with Crippen LogP contribution >= 0.6 is 31.9 Å². The van der Waals surface area contributed by atoms with E-state index < -0.39 is 0 Å². The number of halogens is 2. The highest BCUT2D eigenvalue weighted by atomic mass is 79.9. The maximum atomic E-state index is 3.70. The second-order valence-electron chi connectivity index (χ2n) is 7.30. The number of hydrogen-bond donors (Lipinski definition) is 0. The van der Waals surface area contributed by atoms with Crippen LogP contribution in [0.1, 0.15) is 67.2 Å². The van der Waals surface area contributed by atoms with Crippen molar-refractivity contribution in [1.29, 1.82) is 0 Å². The second-order valence-corrected chi connectivity index (χ2v) is 9.01. The molecule has 128 valence electrons. The molecule has 2 aliphatic carbocycles. The Balaban J connectivity index is 1.47. The maximum absolute atomic E-state index is 3.70. The normalized spacial score (nSPS) is 21.0. The molecule has 2 heteroatoms. The van der Waals surface area contributed by atoms with Crippen LogP contribution in [0.4, 0.5) is 0 Å². The summed E-state index contributed by atoms with van der Waals surface area (Å²) < 4.78 is 2.44. The Morgan fingerprint density at radius 1 is 0.720 bits per heavy atom. The van der Waals surface area contributed by atoms with E-state index in [-0.39, 0.29) is 0 Å². The van der Waals surface area contributed by atoms with Crippen LogP contribution < -0.4 is 0 Å². The highest BCUT2D eigenvalue weighted by Crippen LogP contribution is 2.45. The van der Waals surface area contributed by atoms with Crippen LogP contribution in [0.3, 0.4) is 0 Å². The third kappa shape index (κ3) is 3.08. The molecule has 0 nitrogen and oxygen atoms in total. The summed E-state index contributed by atoms with van der Waals surface area (Å²) in [7, 11) is 0. The molecule has 2 aliphatic rings. The highest BCUT2D eigenvalue weighted by molar-refractivity contribution is 9.10. The lowest BCUT2D eigenvalue weighted by atomic mass is 9.86. The van der Waals surface area contributed by atoms with Crippen LogP contribution in [0.2, 0.25) is 0 Å². The number of hydrogen-bond acceptors (Lipinski definition) is 0. The van der Waals surface area contributed by atoms with Gasteiger partial charge < -0.3 is 0 Å². The SMILES string of the molecule is CC1=Cc2c(Br)cccc2C1CCCC1C(C)=Cc2c(Br)cccc21. The summed E-state index contributed by atoms with van der Waals surface area (Å²) in [5, 5.41) is 0. The fourth-order valence-electron chi connectivity index (χ4n) is 4.46. The average Bonchev–Trinajstić information content (AvgIpc) is 3.08. The van der Waals surface area contributed by atoms with Crippen LogP contribution in [0, 0.1) is 0 Å². The van der Waals surface area contributed by atoms with Gasteiger partial charge in [0, 0.05) is 20.8 Å². The molecule has 0 N–H and O–H groups in total. The molecule has 0 spiro atoms. The van der Waals surface area contributed by atoms with E-state index in [0.717, 1.165) is 0 Å². The minimum atomic E-state index is 0.583. The number of benzene rings is 2. The van der Waals surface area contributed by atoms with Gasteiger partial charge in [-0.25, -0.2) is 0 Å². The first kappa shape index (κ1) is 17.3. The maximum Gasteiger partial charge on any atom is 0.0250 e. The van der Waals surface area contributed by atoms with Gasteiger partial charge >= 0.3 is 0 Å². The lowest BCUT2D eigenvalue weighted by Gasteiger charge is -2.18. The Hall–Kier alpha value is -1.12. The van der Waals surface area contributed by atoms with Crippen LogP contribution in [0.5, 0.6) is 0 Å². The van der Waals surface area contributed by atoms with Gasteiger partial charge in [0.25, 0.3) is 0 Å². The summed E-state index contributed by atoms with van der Waals surface area (Å²) in [5.74, 6) is 1.17. The van der Waals surface area contributed by atoms with Crippen molar-refractivity contribution in [2.75, 3.05) is 0 Å². The highest BCUT2D eigenvalue weighted by Gasteiger charge is 2.26. The zero-order valence-electron chi connectivity index (χ0n) is 14.7. The fourth-order valence-corrected chi connectivity index (χ4v) is 5.45. The predicted molar refractivity (Wildman–Crippen MR) is 115 cm³/mol. The van der Waals surface area contributed by atoms with Gasteiger partial charge in [0.05, 0.1) is 0 Å². The molecule has 0 fully saturated rings. The Morgan fingerprint density at radius 3 is 1.60 bits per heavy atom. The smallest absolute Gasteiger partial charge is 0.0250 e. The summed E-state index contributed by atoms with van der Waals surface area (Å²) in [6.07, 6.45) is 8.44. The first-order chi connectivity index (χ1) is 12.1. The van der Waals surface area contributed by atoms with Crippen LogP contribution in [-0.4, -0.2) is 0 Å². The van der Waals surface area contributed by atoms with Crippen molar-refractivity contribution in [3.8, 4) is 0 Å². The van der Waals surface area contributed by atoms with E-state index in [1.165, 1.54) is 61.6 Å². The summed E-state index contributed by atoms with van der Waals surface area (Å²) in [6.45, 7) is 4.56. The molecule has 0 saturated heterocycles. The molecule has 0 bridgehead atoms. The zero-order chi connectivity index (χ0) is 17.6. The second kappa shape index (κ2) is 6.89. The van der Waals surface area contributed by atoms with Gasteiger partial charge in [-0.15, -0.1) is 0 Å². The lowest BCUT2D eigenvalue weighted by molar-refractivity contribution is 0.590. The van der Waals surface area contributed by atoms with Crippen molar-refractivity contribution < 1.29 is 0 Å². The van der Waals surface area contributed by atoms with Crippen LogP contribution in [-0.2, 0) is 0 Å². The third-order valence-electron chi connectivity index (χ3n) is 5.75. The molecule has 2 aromatic rings. The largest absolute Gasteiger partial charge is 0.0652 e. The van der Waals surface area contributed by atoms with Gasteiger partial charge in [-0.2, -0.15) is 0 Å². The Morgan fingerprint density at radius 2 is 1.16 bits per heavy atom. The quantitative estimate of drug-likeness (QED) is 0.435. The number of allylic oxidation sites excluding steroid dienone is 2. The van der Waals surface area contributed by atoms with E-state index in [1.54, 1.807) is 0 Å². The standard InChI is InChI=1S/C23H22Br2/c1-14-12-20-18(8-4-10-22(20)24)16(14)6-3-7-17-15(2)13-21-19(17)9-5-11-23(21)25/h4-5,8-13,16-17H,3,6-7H2,1-2H3. The number of rotatable bonds is 4. The summed E-state index contributed by atoms with van der Waals surface area (Å²) >= 11 is 7.40. The fraction of sp³-hybridized carbons (Fsp3) is 0.304. The molecule has 0 amide bonds. The Bertz CT molecular complexity index is 815. The predicted octanol–water partition coefficient (Wildman–Crippen LogP) is 8.08. The Labute approximate surface area is 167 Å². The zero-order valence-corrected chi connectivity index (χ0v) is 17.8. The molecule has 0 heterocycles. The first-order valence-corrected chi connectivity index (χ1v) is 10.6. The molecule has 4 rings (SSSR count). The van der Waals surface area contributed by atoms with Gasteiger partial charge in [0.15, 0.2) is 0 Å². The van der Waals surface area contributed by atoms with Crippen molar-refractivity contribution >= 4 is 44.0 Å². The molecular formula is C23H22Br2. The first-order valence-electron chi connectivity index (χ1n) is 8.99. The summed E-state index contributed by atoms with van der Waals surface area (Å²) in [6, 6.07) is 13.2. The van der Waals surface area contributed by atoms with Crippen LogP contribution in [0.25, 0.3) is 12.2 Å². The van der Waals surface area contributed by atoms with E-state index in [1.807, 2.05) is 0 Å². The molecule has 2 unspecified atom stereocenters. The molecule has 2 atom stereocenters. The molecule has 25 heavy (non-hydrogen) atoms. The lowest BCUT2D eigenvalue weighted by Crippen LogP contribution is -2.01. The molecule has 0 saturated carbocycles. The molecule has 0 radical (unpaired) electrons. The summed E-state index contributed by atoms with van der Waals surface area (Å²) in [4.78, 5) is 0. The van der Waals surface area contributed by atoms with E-state index in [0.29, 0.717) is 11.8 Å². The van der Waals surface area contributed by atoms with Crippen LogP contribution in [0.15, 0.2) is 56.5 Å². The van der Waals surface area contributed by atoms with Crippen molar-refractivity contribution in [2.45, 2.75) is 44.9 Å². The van der Waals surface area contributed by atoms with Crippen molar-refractivity contribution in [3.63, 3.8) is 0 Å². The van der Waals surface area contributed by atoms with Crippen molar-refractivity contribution in [2.24, 2.45) is 0 Å². The minimum absolute atomic E-state index is 0.583. The topological polar surface area (TPSA) is 0 Å². The van der Waals surface area contributed by atoms with E-state index in [4.69, 9.17) is 0 Å². The average molecular weight is 458 g/mol. The number of fused-ring (bicyclic) bond motifs is 2. The monoisotopic (exact) mass is 456 g/mol. The molecule has 0 aliphatic heterocycles. The van der Waals surface area contributed by atoms with Gasteiger partial charge in [-0.1, -0.05) is 85.8 Å². The molecule has 0 aromatic heterocycles. The minimum Gasteiger partial charge on any atom is -0.0652 e. The Kier molecular flexibility index (Phi) is 4.77. The van der Waals surface area contributed by atoms with Crippen molar-refractivity contribution in [3.05, 3.63) is 78.7 Å². The third-order valence-corrected chi connectivity index (χ3v) is 7.14. The van der Waals surface area contributed by atoms with Gasteiger partial charge in [0.2, 0.25) is 0 Å². The van der Waals surface area contributed by atoms with Crippen molar-refractivity contribution in [1.82, 2.24) is 0 Å². The summed E-state index contributed by atoms with van der Waals surface area (Å²) in [5.41, 5.74) is 8.77. The van der Waals surface area contributed by atoms with Gasteiger partial charge in [0.1, 0.15) is 0 Å². The van der Waals surface area contributed by atoms with E-state index in [9.17, 15) is 0 Å². The van der Waals surface area contributed by atoms with E-state index in [2.05, 4.69) is 94.3 Å². The van der Waals surface area contributed by atoms with Gasteiger partial charge in [-0.3, -0.25) is 0 Å². The van der Waals surface area contributed by atoms with Gasteiger partial charge in [-0.05, 0) is 61.1 Å². The molecule has 2 aromatic carbocycles.